The lowest BCUT2D eigenvalue weighted by Gasteiger charge is -2.15. The molecule has 5 nitrogen and oxygen atoms in total. The highest BCUT2D eigenvalue weighted by molar-refractivity contribution is 7.09. The first-order valence-electron chi connectivity index (χ1n) is 4.62. The molecule has 1 N–H and O–H groups in total. The lowest BCUT2D eigenvalue weighted by atomic mass is 10.4. The highest BCUT2D eigenvalue weighted by Crippen LogP contribution is 2.16. The van der Waals surface area contributed by atoms with Crippen molar-refractivity contribution < 1.29 is 4.92 Å². The molecule has 0 aromatic carbocycles. The Kier molecular flexibility index (Phi) is 2.86. The Bertz CT molecular complexity index is 375. The van der Waals surface area contributed by atoms with Gasteiger partial charge in [0.25, 0.3) is 6.20 Å². The summed E-state index contributed by atoms with van der Waals surface area (Å²) in [5, 5.41) is 15.4. The van der Waals surface area contributed by atoms with Gasteiger partial charge in [-0.3, -0.25) is 10.1 Å². The Hall–Kier alpha value is -1.56. The van der Waals surface area contributed by atoms with Crippen LogP contribution in [0, 0.1) is 10.1 Å². The van der Waals surface area contributed by atoms with Gasteiger partial charge in [-0.1, -0.05) is 6.07 Å². The molecule has 2 rings (SSSR count). The number of hydrogen-bond acceptors (Lipinski definition) is 5. The first kappa shape index (κ1) is 9.97. The van der Waals surface area contributed by atoms with Gasteiger partial charge in [0.1, 0.15) is 0 Å². The van der Waals surface area contributed by atoms with Gasteiger partial charge < -0.3 is 10.2 Å². The molecule has 6 heteroatoms. The van der Waals surface area contributed by atoms with Crippen LogP contribution in [0.5, 0.6) is 0 Å². The molecule has 2 heterocycles. The van der Waals surface area contributed by atoms with Crippen molar-refractivity contribution in [2.45, 2.75) is 6.54 Å². The quantitative estimate of drug-likeness (QED) is 0.621. The molecule has 0 aliphatic carbocycles. The van der Waals surface area contributed by atoms with Crippen molar-refractivity contribution in [3.8, 4) is 0 Å². The van der Waals surface area contributed by atoms with Gasteiger partial charge >= 0.3 is 0 Å². The Morgan fingerprint density at radius 2 is 2.60 bits per heavy atom. The summed E-state index contributed by atoms with van der Waals surface area (Å²) in [7, 11) is 0. The van der Waals surface area contributed by atoms with Gasteiger partial charge in [-0.05, 0) is 11.4 Å². The molecule has 0 spiro atoms. The second kappa shape index (κ2) is 4.31. The molecule has 1 fully saturated rings. The summed E-state index contributed by atoms with van der Waals surface area (Å²) in [5.74, 6) is 0.605. The SMILES string of the molecule is O=[N+]([O-])/C=C1\NCCN1Cc1cccs1. The maximum atomic E-state index is 10.4. The Balaban J connectivity index is 2.05. The van der Waals surface area contributed by atoms with E-state index in [0.29, 0.717) is 5.82 Å². The van der Waals surface area contributed by atoms with Gasteiger partial charge in [0.05, 0.1) is 11.5 Å². The fraction of sp³-hybridized carbons (Fsp3) is 0.333. The van der Waals surface area contributed by atoms with E-state index < -0.39 is 4.92 Å². The molecule has 0 atom stereocenters. The van der Waals surface area contributed by atoms with Crippen molar-refractivity contribution in [1.29, 1.82) is 0 Å². The van der Waals surface area contributed by atoms with E-state index >= 15 is 0 Å². The predicted octanol–water partition coefficient (Wildman–Crippen LogP) is 1.23. The molecule has 0 unspecified atom stereocenters. The predicted molar refractivity (Wildman–Crippen MR) is 57.8 cm³/mol. The first-order chi connectivity index (χ1) is 7.25. The van der Waals surface area contributed by atoms with Gasteiger partial charge in [-0.25, -0.2) is 0 Å². The zero-order valence-corrected chi connectivity index (χ0v) is 8.87. The molecule has 0 saturated carbocycles. The zero-order valence-electron chi connectivity index (χ0n) is 8.05. The van der Waals surface area contributed by atoms with Crippen LogP contribution in [0.1, 0.15) is 4.88 Å². The molecule has 1 aliphatic heterocycles. The van der Waals surface area contributed by atoms with E-state index in [2.05, 4.69) is 5.32 Å². The summed E-state index contributed by atoms with van der Waals surface area (Å²) < 4.78 is 0. The average Bonchev–Trinajstić information content (AvgIpc) is 2.78. The molecule has 1 saturated heterocycles. The summed E-state index contributed by atoms with van der Waals surface area (Å²) in [5.41, 5.74) is 0. The molecule has 0 radical (unpaired) electrons. The summed E-state index contributed by atoms with van der Waals surface area (Å²) in [6.45, 7) is 2.33. The van der Waals surface area contributed by atoms with Crippen molar-refractivity contribution in [3.05, 3.63) is 44.5 Å². The van der Waals surface area contributed by atoms with Crippen molar-refractivity contribution in [2.75, 3.05) is 13.1 Å². The second-order valence-corrected chi connectivity index (χ2v) is 4.26. The normalized spacial score (nSPS) is 18.1. The molecule has 1 aliphatic rings. The van der Waals surface area contributed by atoms with Crippen LogP contribution >= 0.6 is 11.3 Å². The third kappa shape index (κ3) is 2.47. The fourth-order valence-electron chi connectivity index (χ4n) is 1.53. The van der Waals surface area contributed by atoms with Crippen LogP contribution in [0.15, 0.2) is 29.5 Å². The highest BCUT2D eigenvalue weighted by Gasteiger charge is 2.19. The van der Waals surface area contributed by atoms with E-state index in [1.54, 1.807) is 11.3 Å². The van der Waals surface area contributed by atoms with Crippen molar-refractivity contribution in [1.82, 2.24) is 10.2 Å². The minimum atomic E-state index is -0.422. The van der Waals surface area contributed by atoms with E-state index in [-0.39, 0.29) is 0 Å². The Morgan fingerprint density at radius 3 is 3.27 bits per heavy atom. The maximum Gasteiger partial charge on any atom is 0.274 e. The number of nitro groups is 1. The van der Waals surface area contributed by atoms with E-state index in [9.17, 15) is 10.1 Å². The number of hydrogen-bond donors (Lipinski definition) is 1. The fourth-order valence-corrected chi connectivity index (χ4v) is 2.25. The van der Waals surface area contributed by atoms with Gasteiger partial charge in [0, 0.05) is 18.0 Å². The molecule has 15 heavy (non-hydrogen) atoms. The van der Waals surface area contributed by atoms with Crippen molar-refractivity contribution in [2.24, 2.45) is 0 Å². The van der Waals surface area contributed by atoms with Crippen LogP contribution in [0.25, 0.3) is 0 Å². The van der Waals surface area contributed by atoms with Crippen LogP contribution in [0.2, 0.25) is 0 Å². The van der Waals surface area contributed by atoms with E-state index in [0.717, 1.165) is 25.8 Å². The van der Waals surface area contributed by atoms with Crippen LogP contribution in [-0.2, 0) is 6.54 Å². The van der Waals surface area contributed by atoms with Gasteiger partial charge in [-0.2, -0.15) is 0 Å². The number of nitrogens with zero attached hydrogens (tertiary/aromatic N) is 2. The summed E-state index contributed by atoms with van der Waals surface area (Å²) in [4.78, 5) is 13.1. The molecule has 0 amide bonds. The minimum absolute atomic E-state index is 0.422. The van der Waals surface area contributed by atoms with Gasteiger partial charge in [0.2, 0.25) is 0 Å². The smallest absolute Gasteiger partial charge is 0.274 e. The second-order valence-electron chi connectivity index (χ2n) is 3.23. The topological polar surface area (TPSA) is 58.4 Å². The minimum Gasteiger partial charge on any atom is -0.365 e. The molecule has 0 bridgehead atoms. The molecule has 1 aromatic rings. The summed E-state index contributed by atoms with van der Waals surface area (Å²) in [6, 6.07) is 4.02. The average molecular weight is 225 g/mol. The third-order valence-electron chi connectivity index (χ3n) is 2.18. The summed E-state index contributed by atoms with van der Waals surface area (Å²) >= 11 is 1.66. The number of thiophene rings is 1. The molecular weight excluding hydrogens is 214 g/mol. The van der Waals surface area contributed by atoms with Crippen molar-refractivity contribution >= 4 is 11.3 Å². The van der Waals surface area contributed by atoms with Crippen LogP contribution in [-0.4, -0.2) is 22.9 Å². The van der Waals surface area contributed by atoms with Gasteiger partial charge in [0.15, 0.2) is 5.82 Å². The number of rotatable bonds is 3. The summed E-state index contributed by atoms with van der Waals surface area (Å²) in [6.07, 6.45) is 1.03. The number of nitrogens with one attached hydrogen (secondary N) is 1. The van der Waals surface area contributed by atoms with Gasteiger partial charge in [-0.15, -0.1) is 11.3 Å². The van der Waals surface area contributed by atoms with Crippen LogP contribution < -0.4 is 5.32 Å². The standard InChI is InChI=1S/C9H11N3O2S/c13-12(14)7-9-10-3-4-11(9)6-8-2-1-5-15-8/h1-2,5,7,10H,3-4,6H2/b9-7+. The van der Waals surface area contributed by atoms with E-state index in [4.69, 9.17) is 0 Å². The Morgan fingerprint density at radius 1 is 1.73 bits per heavy atom. The third-order valence-corrected chi connectivity index (χ3v) is 3.04. The highest BCUT2D eigenvalue weighted by atomic mass is 32.1. The van der Waals surface area contributed by atoms with Crippen molar-refractivity contribution in [3.63, 3.8) is 0 Å². The molecule has 1 aromatic heterocycles. The Labute approximate surface area is 91.2 Å². The lowest BCUT2D eigenvalue weighted by Crippen LogP contribution is -2.20. The van der Waals surface area contributed by atoms with Crippen LogP contribution in [0.4, 0.5) is 0 Å². The molecule has 80 valence electrons. The maximum absolute atomic E-state index is 10.4. The largest absolute Gasteiger partial charge is 0.365 e. The van der Waals surface area contributed by atoms with E-state index in [1.807, 2.05) is 22.4 Å². The zero-order chi connectivity index (χ0) is 10.7. The monoisotopic (exact) mass is 225 g/mol. The van der Waals surface area contributed by atoms with Crippen LogP contribution in [0.3, 0.4) is 0 Å². The van der Waals surface area contributed by atoms with E-state index in [1.165, 1.54) is 4.88 Å². The first-order valence-corrected chi connectivity index (χ1v) is 5.50. The lowest BCUT2D eigenvalue weighted by molar-refractivity contribution is -0.404. The molecular formula is C9H11N3O2S.